The summed E-state index contributed by atoms with van der Waals surface area (Å²) in [4.78, 5) is 15.9. The van der Waals surface area contributed by atoms with Crippen molar-refractivity contribution in [1.82, 2.24) is 5.32 Å². The van der Waals surface area contributed by atoms with E-state index in [0.29, 0.717) is 12.5 Å². The Morgan fingerprint density at radius 2 is 2.22 bits per heavy atom. The van der Waals surface area contributed by atoms with Crippen molar-refractivity contribution in [3.8, 4) is 0 Å². The minimum Gasteiger partial charge on any atom is -0.362 e. The number of nitrogens with one attached hydrogen (secondary N) is 1. The summed E-state index contributed by atoms with van der Waals surface area (Å²) in [6.45, 7) is 2.10. The topological polar surface area (TPSA) is 41.5 Å². The Labute approximate surface area is 114 Å². The third kappa shape index (κ3) is 3.50. The number of fused-ring (bicyclic) bond motifs is 2. The van der Waals surface area contributed by atoms with Crippen LogP contribution in [0.5, 0.6) is 0 Å². The van der Waals surface area contributed by atoms with Gasteiger partial charge in [0.2, 0.25) is 5.91 Å². The van der Waals surface area contributed by atoms with Gasteiger partial charge in [0, 0.05) is 12.5 Å². The molecule has 0 radical (unpaired) electrons. The van der Waals surface area contributed by atoms with Crippen LogP contribution in [0.15, 0.2) is 4.99 Å². The number of nitrogens with zero attached hydrogens (tertiary/aromatic N) is 1. The van der Waals surface area contributed by atoms with Crippen LogP contribution in [0, 0.1) is 11.8 Å². The summed E-state index contributed by atoms with van der Waals surface area (Å²) in [5.74, 6) is 1.77. The molecule has 0 spiro atoms. The van der Waals surface area contributed by atoms with Gasteiger partial charge in [-0.15, -0.1) is 0 Å². The van der Waals surface area contributed by atoms with Crippen molar-refractivity contribution in [1.29, 1.82) is 0 Å². The summed E-state index contributed by atoms with van der Waals surface area (Å²) in [5, 5.41) is 4.32. The van der Waals surface area contributed by atoms with Crippen LogP contribution in [0.2, 0.25) is 0 Å². The molecule has 3 unspecified atom stereocenters. The van der Waals surface area contributed by atoms with Crippen LogP contribution in [0.4, 0.5) is 0 Å². The molecule has 0 aromatic carbocycles. The molecule has 2 rings (SSSR count). The predicted octanol–water partition coefficient (Wildman–Crippen LogP) is 3.20. The number of hydrogen-bond acceptors (Lipinski definition) is 2. The van der Waals surface area contributed by atoms with Gasteiger partial charge < -0.3 is 5.32 Å². The molecule has 0 aromatic rings. The highest BCUT2D eigenvalue weighted by atomic mass is 32.2. The monoisotopic (exact) mass is 268 g/mol. The average molecular weight is 268 g/mol. The van der Waals surface area contributed by atoms with Gasteiger partial charge in [0.05, 0.1) is 0 Å². The Hall–Kier alpha value is -0.510. The van der Waals surface area contributed by atoms with E-state index in [1.54, 1.807) is 11.8 Å². The van der Waals surface area contributed by atoms with Crippen molar-refractivity contribution < 1.29 is 4.79 Å². The first-order chi connectivity index (χ1) is 8.72. The number of carbonyl (C=O) groups is 1. The number of thioether (sulfide) groups is 1. The summed E-state index contributed by atoms with van der Waals surface area (Å²) in [6.07, 6.45) is 9.98. The molecular formula is C14H24N2OS. The summed E-state index contributed by atoms with van der Waals surface area (Å²) in [6, 6.07) is 0.564. The summed E-state index contributed by atoms with van der Waals surface area (Å²) < 4.78 is 0. The van der Waals surface area contributed by atoms with Crippen molar-refractivity contribution in [2.24, 2.45) is 16.8 Å². The second-order valence-electron chi connectivity index (χ2n) is 5.54. The molecule has 3 nitrogen and oxygen atoms in total. The molecule has 0 aliphatic heterocycles. The average Bonchev–Trinajstić information content (AvgIpc) is 2.97. The quantitative estimate of drug-likeness (QED) is 0.629. The maximum absolute atomic E-state index is 11.7. The van der Waals surface area contributed by atoms with E-state index < -0.39 is 0 Å². The number of unbranched alkanes of at least 4 members (excludes halogenated alkanes) is 1. The van der Waals surface area contributed by atoms with Gasteiger partial charge in [0.1, 0.15) is 0 Å². The van der Waals surface area contributed by atoms with E-state index in [4.69, 9.17) is 0 Å². The Balaban J connectivity index is 1.85. The molecule has 0 saturated heterocycles. The summed E-state index contributed by atoms with van der Waals surface area (Å²) in [5.41, 5.74) is 0. The third-order valence-electron chi connectivity index (χ3n) is 4.21. The zero-order valence-electron chi connectivity index (χ0n) is 11.4. The number of rotatable bonds is 4. The van der Waals surface area contributed by atoms with Crippen molar-refractivity contribution in [3.05, 3.63) is 0 Å². The predicted molar refractivity (Wildman–Crippen MR) is 77.9 cm³/mol. The van der Waals surface area contributed by atoms with Gasteiger partial charge in [0.25, 0.3) is 0 Å². The van der Waals surface area contributed by atoms with Gasteiger partial charge in [-0.1, -0.05) is 31.5 Å². The van der Waals surface area contributed by atoms with Crippen molar-refractivity contribution in [3.63, 3.8) is 0 Å². The number of aliphatic imine (C=N–C) groups is 1. The fourth-order valence-corrected chi connectivity index (χ4v) is 3.68. The highest BCUT2D eigenvalue weighted by Gasteiger charge is 2.39. The molecule has 2 fully saturated rings. The second kappa shape index (κ2) is 6.60. The molecule has 1 N–H and O–H groups in total. The van der Waals surface area contributed by atoms with Crippen LogP contribution in [-0.4, -0.2) is 23.4 Å². The molecule has 102 valence electrons. The van der Waals surface area contributed by atoms with Gasteiger partial charge >= 0.3 is 0 Å². The van der Waals surface area contributed by atoms with E-state index in [2.05, 4.69) is 17.2 Å². The zero-order chi connectivity index (χ0) is 13.0. The zero-order valence-corrected chi connectivity index (χ0v) is 12.3. The Morgan fingerprint density at radius 1 is 1.39 bits per heavy atom. The van der Waals surface area contributed by atoms with Gasteiger partial charge in [-0.25, -0.2) is 0 Å². The molecule has 0 aromatic heterocycles. The number of carbonyl (C=O) groups excluding carboxylic acids is 1. The SMILES string of the molecule is CCCCC(=O)/N=C(/NC1CC2CCC1C2)SC. The molecule has 0 heterocycles. The normalized spacial score (nSPS) is 30.8. The maximum Gasteiger partial charge on any atom is 0.248 e. The first kappa shape index (κ1) is 13.9. The van der Waals surface area contributed by atoms with E-state index in [1.165, 1.54) is 25.7 Å². The van der Waals surface area contributed by atoms with Gasteiger partial charge in [-0.2, -0.15) is 4.99 Å². The molecule has 3 atom stereocenters. The van der Waals surface area contributed by atoms with Crippen LogP contribution in [0.3, 0.4) is 0 Å². The minimum absolute atomic E-state index is 0.0249. The lowest BCUT2D eigenvalue weighted by molar-refractivity contribution is -0.117. The molecule has 2 bridgehead atoms. The van der Waals surface area contributed by atoms with Crippen LogP contribution in [0.25, 0.3) is 0 Å². The van der Waals surface area contributed by atoms with E-state index in [1.807, 2.05) is 6.26 Å². The van der Waals surface area contributed by atoms with E-state index >= 15 is 0 Å². The minimum atomic E-state index is 0.0249. The molecule has 2 aliphatic carbocycles. The molecular weight excluding hydrogens is 244 g/mol. The van der Waals surface area contributed by atoms with Gasteiger partial charge in [-0.05, 0) is 43.8 Å². The lowest BCUT2D eigenvalue weighted by Crippen LogP contribution is -2.37. The third-order valence-corrected chi connectivity index (χ3v) is 4.81. The van der Waals surface area contributed by atoms with Crippen LogP contribution in [0.1, 0.15) is 51.9 Å². The number of hydrogen-bond donors (Lipinski definition) is 1. The molecule has 2 saturated carbocycles. The molecule has 4 heteroatoms. The maximum atomic E-state index is 11.7. The summed E-state index contributed by atoms with van der Waals surface area (Å²) in [7, 11) is 0. The number of amides is 1. The van der Waals surface area contributed by atoms with Crippen molar-refractivity contribution in [2.75, 3.05) is 6.26 Å². The second-order valence-corrected chi connectivity index (χ2v) is 6.34. The first-order valence-electron chi connectivity index (χ1n) is 7.15. The molecule has 18 heavy (non-hydrogen) atoms. The Bertz CT molecular complexity index is 330. The number of amidine groups is 1. The van der Waals surface area contributed by atoms with Crippen LogP contribution >= 0.6 is 11.8 Å². The standard InChI is InChI=1S/C14H24N2OS/c1-3-4-5-13(17)16-14(18-2)15-12-9-10-6-7-11(12)8-10/h10-12H,3-9H2,1-2H3,(H,15,16,17). The summed E-state index contributed by atoms with van der Waals surface area (Å²) >= 11 is 1.56. The molecule has 1 amide bonds. The Morgan fingerprint density at radius 3 is 2.78 bits per heavy atom. The fourth-order valence-electron chi connectivity index (χ4n) is 3.21. The highest BCUT2D eigenvalue weighted by molar-refractivity contribution is 8.13. The highest BCUT2D eigenvalue weighted by Crippen LogP contribution is 2.44. The lowest BCUT2D eigenvalue weighted by Gasteiger charge is -2.23. The van der Waals surface area contributed by atoms with E-state index in [-0.39, 0.29) is 5.91 Å². The van der Waals surface area contributed by atoms with Crippen molar-refractivity contribution in [2.45, 2.75) is 57.9 Å². The smallest absolute Gasteiger partial charge is 0.248 e. The van der Waals surface area contributed by atoms with Crippen LogP contribution < -0.4 is 5.32 Å². The fraction of sp³-hybridized carbons (Fsp3) is 0.857. The van der Waals surface area contributed by atoms with Crippen molar-refractivity contribution >= 4 is 22.8 Å². The first-order valence-corrected chi connectivity index (χ1v) is 8.37. The largest absolute Gasteiger partial charge is 0.362 e. The molecule has 2 aliphatic rings. The van der Waals surface area contributed by atoms with E-state index in [0.717, 1.165) is 29.8 Å². The van der Waals surface area contributed by atoms with Gasteiger partial charge in [-0.3, -0.25) is 4.79 Å². The lowest BCUT2D eigenvalue weighted by atomic mass is 9.96. The van der Waals surface area contributed by atoms with E-state index in [9.17, 15) is 4.79 Å². The Kier molecular flexibility index (Phi) is 5.10. The van der Waals surface area contributed by atoms with Gasteiger partial charge in [0.15, 0.2) is 5.17 Å². The van der Waals surface area contributed by atoms with Crippen LogP contribution in [-0.2, 0) is 4.79 Å².